The van der Waals surface area contributed by atoms with E-state index in [1.54, 1.807) is 42.5 Å². The zero-order valence-electron chi connectivity index (χ0n) is 14.2. The summed E-state index contributed by atoms with van der Waals surface area (Å²) in [7, 11) is 0. The molecule has 2 aromatic carbocycles. The molecule has 0 heterocycles. The van der Waals surface area contributed by atoms with Crippen LogP contribution in [0, 0.1) is 0 Å². The number of rotatable bonds is 5. The standard InChI is InChI=1S/C18H17ClN4O3/c1-11(24)21-16-8-7-14(19)9-13(16)10-20-23-18(26)15-5-3-4-6-17(15)22-12(2)25/h3-10H,1-2H3,(H,21,24)(H,22,25)(H,23,26)/b20-10-. The Morgan fingerprint density at radius 1 is 0.962 bits per heavy atom. The van der Waals surface area contributed by atoms with Crippen LogP contribution in [-0.4, -0.2) is 23.9 Å². The van der Waals surface area contributed by atoms with Gasteiger partial charge in [-0.15, -0.1) is 0 Å². The van der Waals surface area contributed by atoms with E-state index in [4.69, 9.17) is 11.6 Å². The Labute approximate surface area is 155 Å². The number of hydrogen-bond acceptors (Lipinski definition) is 4. The Morgan fingerprint density at radius 3 is 2.31 bits per heavy atom. The van der Waals surface area contributed by atoms with Gasteiger partial charge in [0.25, 0.3) is 5.91 Å². The number of nitrogens with one attached hydrogen (secondary N) is 3. The van der Waals surface area contributed by atoms with Crippen molar-refractivity contribution in [3.63, 3.8) is 0 Å². The van der Waals surface area contributed by atoms with E-state index in [2.05, 4.69) is 21.2 Å². The highest BCUT2D eigenvalue weighted by Gasteiger charge is 2.11. The minimum Gasteiger partial charge on any atom is -0.326 e. The number of hydrazone groups is 1. The van der Waals surface area contributed by atoms with Gasteiger partial charge in [0.1, 0.15) is 0 Å². The van der Waals surface area contributed by atoms with Gasteiger partial charge in [-0.1, -0.05) is 23.7 Å². The Morgan fingerprint density at radius 2 is 1.62 bits per heavy atom. The lowest BCUT2D eigenvalue weighted by Crippen LogP contribution is -2.20. The molecule has 0 aliphatic carbocycles. The Hall–Kier alpha value is -3.19. The number of carbonyl (C=O) groups is 3. The molecule has 0 saturated heterocycles. The molecule has 8 heteroatoms. The van der Waals surface area contributed by atoms with E-state index in [1.807, 2.05) is 0 Å². The fourth-order valence-corrected chi connectivity index (χ4v) is 2.32. The molecule has 0 atom stereocenters. The summed E-state index contributed by atoms with van der Waals surface area (Å²) >= 11 is 5.96. The van der Waals surface area contributed by atoms with Crippen molar-refractivity contribution in [3.05, 3.63) is 58.6 Å². The molecule has 2 rings (SSSR count). The average Bonchev–Trinajstić information content (AvgIpc) is 2.56. The molecular weight excluding hydrogens is 356 g/mol. The average molecular weight is 373 g/mol. The number of halogens is 1. The number of benzene rings is 2. The Kier molecular flexibility index (Phi) is 6.46. The van der Waals surface area contributed by atoms with Crippen molar-refractivity contribution in [3.8, 4) is 0 Å². The second kappa shape index (κ2) is 8.77. The maximum atomic E-state index is 12.3. The highest BCUT2D eigenvalue weighted by atomic mass is 35.5. The molecule has 0 spiro atoms. The van der Waals surface area contributed by atoms with Crippen LogP contribution in [0.3, 0.4) is 0 Å². The summed E-state index contributed by atoms with van der Waals surface area (Å²) in [5.41, 5.74) is 4.08. The van der Waals surface area contributed by atoms with Crippen LogP contribution < -0.4 is 16.1 Å². The minimum absolute atomic E-state index is 0.241. The first-order valence-electron chi connectivity index (χ1n) is 7.64. The van der Waals surface area contributed by atoms with Crippen molar-refractivity contribution in [1.29, 1.82) is 0 Å². The molecule has 0 aromatic heterocycles. The Balaban J connectivity index is 2.16. The predicted molar refractivity (Wildman–Crippen MR) is 102 cm³/mol. The van der Waals surface area contributed by atoms with Crippen LogP contribution >= 0.6 is 11.6 Å². The van der Waals surface area contributed by atoms with Crippen LogP contribution in [0.1, 0.15) is 29.8 Å². The third kappa shape index (κ3) is 5.42. The third-order valence-electron chi connectivity index (χ3n) is 3.18. The highest BCUT2D eigenvalue weighted by Crippen LogP contribution is 2.19. The van der Waals surface area contributed by atoms with Crippen molar-refractivity contribution in [2.24, 2.45) is 5.10 Å². The summed E-state index contributed by atoms with van der Waals surface area (Å²) in [4.78, 5) is 34.8. The first-order valence-corrected chi connectivity index (χ1v) is 8.02. The van der Waals surface area contributed by atoms with E-state index >= 15 is 0 Å². The van der Waals surface area contributed by atoms with E-state index in [0.717, 1.165) is 0 Å². The summed E-state index contributed by atoms with van der Waals surface area (Å²) in [6.07, 6.45) is 1.37. The molecule has 2 aromatic rings. The van der Waals surface area contributed by atoms with Gasteiger partial charge < -0.3 is 10.6 Å². The number of hydrogen-bond donors (Lipinski definition) is 3. The second-order valence-corrected chi connectivity index (χ2v) is 5.78. The molecule has 0 fully saturated rings. The van der Waals surface area contributed by atoms with Gasteiger partial charge in [-0.3, -0.25) is 14.4 Å². The molecule has 0 aliphatic rings. The fourth-order valence-electron chi connectivity index (χ4n) is 2.14. The van der Waals surface area contributed by atoms with E-state index in [0.29, 0.717) is 22.0 Å². The summed E-state index contributed by atoms with van der Waals surface area (Å²) in [6.45, 7) is 2.74. The van der Waals surface area contributed by atoms with Crippen LogP contribution in [0.2, 0.25) is 5.02 Å². The zero-order chi connectivity index (χ0) is 19.1. The number of amides is 3. The van der Waals surface area contributed by atoms with Gasteiger partial charge in [0, 0.05) is 30.1 Å². The number of anilines is 2. The number of para-hydroxylation sites is 1. The fraction of sp³-hybridized carbons (Fsp3) is 0.111. The van der Waals surface area contributed by atoms with E-state index in [1.165, 1.54) is 20.1 Å². The van der Waals surface area contributed by atoms with Crippen LogP contribution in [0.4, 0.5) is 11.4 Å². The predicted octanol–water partition coefficient (Wildman–Crippen LogP) is 3.02. The monoisotopic (exact) mass is 372 g/mol. The largest absolute Gasteiger partial charge is 0.326 e. The molecule has 26 heavy (non-hydrogen) atoms. The van der Waals surface area contributed by atoms with Crippen LogP contribution in [0.5, 0.6) is 0 Å². The third-order valence-corrected chi connectivity index (χ3v) is 3.41. The molecular formula is C18H17ClN4O3. The summed E-state index contributed by atoms with van der Waals surface area (Å²) in [6, 6.07) is 11.4. The van der Waals surface area contributed by atoms with Gasteiger partial charge in [0.05, 0.1) is 17.5 Å². The lowest BCUT2D eigenvalue weighted by atomic mass is 10.1. The van der Waals surface area contributed by atoms with Crippen molar-refractivity contribution >= 4 is 46.9 Å². The van der Waals surface area contributed by atoms with E-state index in [-0.39, 0.29) is 17.4 Å². The molecule has 0 aliphatic heterocycles. The van der Waals surface area contributed by atoms with Gasteiger partial charge in [-0.2, -0.15) is 5.10 Å². The Bertz CT molecular complexity index is 880. The van der Waals surface area contributed by atoms with Crippen molar-refractivity contribution in [1.82, 2.24) is 5.43 Å². The van der Waals surface area contributed by atoms with Gasteiger partial charge in [0.2, 0.25) is 11.8 Å². The van der Waals surface area contributed by atoms with Gasteiger partial charge >= 0.3 is 0 Å². The van der Waals surface area contributed by atoms with E-state index in [9.17, 15) is 14.4 Å². The van der Waals surface area contributed by atoms with Gasteiger partial charge in [-0.25, -0.2) is 5.43 Å². The maximum absolute atomic E-state index is 12.3. The molecule has 7 nitrogen and oxygen atoms in total. The topological polar surface area (TPSA) is 99.7 Å². The zero-order valence-corrected chi connectivity index (χ0v) is 14.9. The SMILES string of the molecule is CC(=O)Nc1ccc(Cl)cc1/C=N\NC(=O)c1ccccc1NC(C)=O. The normalized spacial score (nSPS) is 10.4. The van der Waals surface area contributed by atoms with Crippen molar-refractivity contribution in [2.45, 2.75) is 13.8 Å². The van der Waals surface area contributed by atoms with Crippen LogP contribution in [0.25, 0.3) is 0 Å². The first-order chi connectivity index (χ1) is 12.4. The lowest BCUT2D eigenvalue weighted by Gasteiger charge is -2.09. The smallest absolute Gasteiger partial charge is 0.273 e. The molecule has 0 saturated carbocycles. The van der Waals surface area contributed by atoms with E-state index < -0.39 is 5.91 Å². The molecule has 3 amide bonds. The minimum atomic E-state index is -0.492. The molecule has 0 radical (unpaired) electrons. The van der Waals surface area contributed by atoms with Crippen LogP contribution in [0.15, 0.2) is 47.6 Å². The van der Waals surface area contributed by atoms with Crippen molar-refractivity contribution in [2.75, 3.05) is 10.6 Å². The molecule has 0 bridgehead atoms. The molecule has 3 N–H and O–H groups in total. The summed E-state index contributed by atoms with van der Waals surface area (Å²) in [5.74, 6) is -1.02. The number of carbonyl (C=O) groups excluding carboxylic acids is 3. The molecule has 134 valence electrons. The maximum Gasteiger partial charge on any atom is 0.273 e. The van der Waals surface area contributed by atoms with Crippen LogP contribution in [-0.2, 0) is 9.59 Å². The highest BCUT2D eigenvalue weighted by molar-refractivity contribution is 6.31. The van der Waals surface area contributed by atoms with Gasteiger partial charge in [-0.05, 0) is 30.3 Å². The van der Waals surface area contributed by atoms with Crippen molar-refractivity contribution < 1.29 is 14.4 Å². The first kappa shape index (κ1) is 19.1. The lowest BCUT2D eigenvalue weighted by molar-refractivity contribution is -0.115. The second-order valence-electron chi connectivity index (χ2n) is 5.34. The quantitative estimate of drug-likeness (QED) is 0.555. The summed E-state index contributed by atoms with van der Waals surface area (Å²) < 4.78 is 0. The number of nitrogens with zero attached hydrogens (tertiary/aromatic N) is 1. The van der Waals surface area contributed by atoms with Gasteiger partial charge in [0.15, 0.2) is 0 Å². The summed E-state index contributed by atoms with van der Waals surface area (Å²) in [5, 5.41) is 9.60. The molecule has 0 unspecified atom stereocenters.